The Balaban J connectivity index is 3.04. The number of hydrogen-bond acceptors (Lipinski definition) is 7. The predicted octanol–water partition coefficient (Wildman–Crippen LogP) is 3.69. The highest BCUT2D eigenvalue weighted by molar-refractivity contribution is 5.62. The van der Waals surface area contributed by atoms with Gasteiger partial charge in [0.15, 0.2) is 0 Å². The number of benzene rings is 1. The topological polar surface area (TPSA) is 122 Å². The highest BCUT2D eigenvalue weighted by atomic mass is 16.7. The van der Waals surface area contributed by atoms with E-state index in [4.69, 9.17) is 9.47 Å². The van der Waals surface area contributed by atoms with Crippen LogP contribution in [0, 0.1) is 20.2 Å². The van der Waals surface area contributed by atoms with E-state index >= 15 is 0 Å². The molecule has 1 rings (SSSR count). The predicted molar refractivity (Wildman–Crippen MR) is 80.1 cm³/mol. The van der Waals surface area contributed by atoms with Gasteiger partial charge in [-0.25, -0.2) is 4.79 Å². The Hall–Kier alpha value is -2.71. The smallest absolute Gasteiger partial charge is 0.434 e. The van der Waals surface area contributed by atoms with Gasteiger partial charge in [0.05, 0.1) is 28.1 Å². The number of nitro benzene ring substituents is 2. The third-order valence-electron chi connectivity index (χ3n) is 3.09. The van der Waals surface area contributed by atoms with Gasteiger partial charge in [-0.05, 0) is 26.3 Å². The van der Waals surface area contributed by atoms with Gasteiger partial charge in [0, 0.05) is 6.07 Å². The molecular weight excluding hydrogens is 308 g/mol. The van der Waals surface area contributed by atoms with Crippen molar-refractivity contribution in [3.63, 3.8) is 0 Å². The standard InChI is InChI=1S/C14H18N2O7/c1-4-5-8-22-13(17)23-14(2,3)11-7-6-10(15(18)19)9-12(11)16(20)21/h6-7,9H,4-5,8H2,1-3H3. The number of unbranched alkanes of at least 4 members (excludes halogenated alkanes) is 1. The van der Waals surface area contributed by atoms with E-state index in [-0.39, 0.29) is 12.2 Å². The summed E-state index contributed by atoms with van der Waals surface area (Å²) in [6.07, 6.45) is 0.564. The number of carbonyl (C=O) groups is 1. The molecule has 126 valence electrons. The number of nitrogens with zero attached hydrogens (tertiary/aromatic N) is 2. The molecule has 23 heavy (non-hydrogen) atoms. The van der Waals surface area contributed by atoms with Crippen molar-refractivity contribution in [2.45, 2.75) is 39.2 Å². The van der Waals surface area contributed by atoms with Crippen LogP contribution in [-0.4, -0.2) is 22.6 Å². The first-order valence-corrected chi connectivity index (χ1v) is 6.98. The molecule has 0 radical (unpaired) electrons. The summed E-state index contributed by atoms with van der Waals surface area (Å²) in [4.78, 5) is 32.0. The molecule has 0 amide bonds. The molecule has 0 heterocycles. The quantitative estimate of drug-likeness (QED) is 0.324. The van der Waals surface area contributed by atoms with E-state index in [1.54, 1.807) is 0 Å². The Morgan fingerprint density at radius 2 is 1.87 bits per heavy atom. The Bertz CT molecular complexity index is 613. The van der Waals surface area contributed by atoms with Gasteiger partial charge in [-0.2, -0.15) is 0 Å². The minimum absolute atomic E-state index is 0.0422. The molecule has 0 saturated heterocycles. The van der Waals surface area contributed by atoms with Crippen molar-refractivity contribution in [3.8, 4) is 0 Å². The highest BCUT2D eigenvalue weighted by Gasteiger charge is 2.34. The maximum atomic E-state index is 11.6. The zero-order chi connectivity index (χ0) is 17.6. The summed E-state index contributed by atoms with van der Waals surface area (Å²) < 4.78 is 9.99. The molecule has 1 aromatic rings. The third kappa shape index (κ3) is 4.90. The minimum Gasteiger partial charge on any atom is -0.434 e. The van der Waals surface area contributed by atoms with Crippen LogP contribution in [0.4, 0.5) is 16.2 Å². The van der Waals surface area contributed by atoms with Gasteiger partial charge >= 0.3 is 6.16 Å². The molecule has 0 aromatic heterocycles. The summed E-state index contributed by atoms with van der Waals surface area (Å²) in [6, 6.07) is 3.16. The SMILES string of the molecule is CCCCOC(=O)OC(C)(C)c1ccc([N+](=O)[O-])cc1[N+](=O)[O-]. The van der Waals surface area contributed by atoms with Gasteiger partial charge in [-0.15, -0.1) is 0 Å². The maximum Gasteiger partial charge on any atom is 0.509 e. The van der Waals surface area contributed by atoms with Crippen molar-refractivity contribution >= 4 is 17.5 Å². The van der Waals surface area contributed by atoms with Gasteiger partial charge in [0.25, 0.3) is 11.4 Å². The lowest BCUT2D eigenvalue weighted by atomic mass is 9.96. The number of rotatable bonds is 7. The fourth-order valence-corrected chi connectivity index (χ4v) is 1.89. The van der Waals surface area contributed by atoms with Gasteiger partial charge in [0.1, 0.15) is 5.60 Å². The summed E-state index contributed by atoms with van der Waals surface area (Å²) >= 11 is 0. The molecule has 0 aliphatic heterocycles. The van der Waals surface area contributed by atoms with E-state index in [0.29, 0.717) is 6.42 Å². The molecule has 0 fully saturated rings. The Morgan fingerprint density at radius 1 is 1.22 bits per heavy atom. The van der Waals surface area contributed by atoms with E-state index in [9.17, 15) is 25.0 Å². The second-order valence-electron chi connectivity index (χ2n) is 5.28. The molecule has 9 nitrogen and oxygen atoms in total. The van der Waals surface area contributed by atoms with Crippen LogP contribution in [0.5, 0.6) is 0 Å². The van der Waals surface area contributed by atoms with Gasteiger partial charge in [-0.3, -0.25) is 20.2 Å². The van der Waals surface area contributed by atoms with Crippen LogP contribution >= 0.6 is 0 Å². The molecule has 0 aliphatic rings. The fraction of sp³-hybridized carbons (Fsp3) is 0.500. The van der Waals surface area contributed by atoms with E-state index in [1.807, 2.05) is 6.92 Å². The van der Waals surface area contributed by atoms with Crippen LogP contribution in [0.15, 0.2) is 18.2 Å². The largest absolute Gasteiger partial charge is 0.509 e. The van der Waals surface area contributed by atoms with Crippen molar-refractivity contribution in [2.24, 2.45) is 0 Å². The lowest BCUT2D eigenvalue weighted by Gasteiger charge is -2.24. The fourth-order valence-electron chi connectivity index (χ4n) is 1.89. The first-order valence-electron chi connectivity index (χ1n) is 6.98. The average Bonchev–Trinajstić information content (AvgIpc) is 2.46. The molecule has 9 heteroatoms. The number of ether oxygens (including phenoxy) is 2. The van der Waals surface area contributed by atoms with Crippen molar-refractivity contribution in [2.75, 3.05) is 6.61 Å². The average molecular weight is 326 g/mol. The zero-order valence-electron chi connectivity index (χ0n) is 13.1. The lowest BCUT2D eigenvalue weighted by molar-refractivity contribution is -0.395. The number of nitro groups is 2. The van der Waals surface area contributed by atoms with Crippen LogP contribution in [-0.2, 0) is 15.1 Å². The molecule has 0 spiro atoms. The summed E-state index contributed by atoms with van der Waals surface area (Å²) in [5.74, 6) is 0. The van der Waals surface area contributed by atoms with Crippen LogP contribution < -0.4 is 0 Å². The summed E-state index contributed by atoms with van der Waals surface area (Å²) in [5.41, 5.74) is -2.24. The number of non-ortho nitro benzene ring substituents is 1. The summed E-state index contributed by atoms with van der Waals surface area (Å²) in [7, 11) is 0. The van der Waals surface area contributed by atoms with E-state index in [0.717, 1.165) is 18.6 Å². The van der Waals surface area contributed by atoms with Gasteiger partial charge in [-0.1, -0.05) is 13.3 Å². The van der Waals surface area contributed by atoms with Crippen LogP contribution in [0.2, 0.25) is 0 Å². The highest BCUT2D eigenvalue weighted by Crippen LogP contribution is 2.35. The Labute approximate surface area is 132 Å². The summed E-state index contributed by atoms with van der Waals surface area (Å²) in [5, 5.41) is 21.9. The normalized spacial score (nSPS) is 10.9. The lowest BCUT2D eigenvalue weighted by Crippen LogP contribution is -2.27. The molecule has 1 aromatic carbocycles. The first-order chi connectivity index (χ1) is 10.7. The number of hydrogen-bond donors (Lipinski definition) is 0. The minimum atomic E-state index is -1.37. The van der Waals surface area contributed by atoms with Gasteiger partial charge in [0.2, 0.25) is 0 Å². The van der Waals surface area contributed by atoms with Crippen molar-refractivity contribution in [1.29, 1.82) is 0 Å². The molecule has 0 bridgehead atoms. The third-order valence-corrected chi connectivity index (χ3v) is 3.09. The van der Waals surface area contributed by atoms with Crippen LogP contribution in [0.1, 0.15) is 39.2 Å². The first kappa shape index (κ1) is 18.3. The Kier molecular flexibility index (Phi) is 6.00. The van der Waals surface area contributed by atoms with Crippen molar-refractivity contribution < 1.29 is 24.1 Å². The molecule has 0 saturated carbocycles. The Morgan fingerprint density at radius 3 is 2.39 bits per heavy atom. The monoisotopic (exact) mass is 326 g/mol. The van der Waals surface area contributed by atoms with E-state index in [1.165, 1.54) is 19.9 Å². The van der Waals surface area contributed by atoms with Gasteiger partial charge < -0.3 is 9.47 Å². The molecular formula is C14H18N2O7. The van der Waals surface area contributed by atoms with Crippen LogP contribution in [0.3, 0.4) is 0 Å². The second kappa shape index (κ2) is 7.52. The maximum absolute atomic E-state index is 11.6. The zero-order valence-corrected chi connectivity index (χ0v) is 13.1. The molecule has 0 N–H and O–H groups in total. The van der Waals surface area contributed by atoms with Crippen molar-refractivity contribution in [3.05, 3.63) is 44.0 Å². The molecule has 0 atom stereocenters. The second-order valence-corrected chi connectivity index (χ2v) is 5.28. The van der Waals surface area contributed by atoms with E-state index < -0.39 is 33.0 Å². The van der Waals surface area contributed by atoms with Crippen molar-refractivity contribution in [1.82, 2.24) is 0 Å². The number of carbonyl (C=O) groups excluding carboxylic acids is 1. The van der Waals surface area contributed by atoms with Crippen LogP contribution in [0.25, 0.3) is 0 Å². The van der Waals surface area contributed by atoms with E-state index in [2.05, 4.69) is 0 Å². The molecule has 0 unspecified atom stereocenters. The molecule has 0 aliphatic carbocycles. The summed E-state index contributed by atoms with van der Waals surface area (Å²) in [6.45, 7) is 5.01.